The Hall–Kier alpha value is -0.820. The van der Waals surface area contributed by atoms with Crippen molar-refractivity contribution in [2.75, 3.05) is 13.1 Å². The summed E-state index contributed by atoms with van der Waals surface area (Å²) in [5, 5.41) is 17.3. The van der Waals surface area contributed by atoms with E-state index >= 15 is 0 Å². The highest BCUT2D eigenvalue weighted by molar-refractivity contribution is 5.66. The highest BCUT2D eigenvalue weighted by atomic mass is 19.4. The number of rotatable bonds is 6. The van der Waals surface area contributed by atoms with Gasteiger partial charge in [0.15, 0.2) is 6.10 Å². The van der Waals surface area contributed by atoms with Crippen molar-refractivity contribution in [1.29, 1.82) is 0 Å². The Morgan fingerprint density at radius 3 is 2.38 bits per heavy atom. The third kappa shape index (κ3) is 4.36. The molecule has 0 bridgehead atoms. The third-order valence-corrected chi connectivity index (χ3v) is 2.46. The standard InChI is InChI=1S/C9H14F3NO3/c10-9(11,12)7(14)5-13(6-1-2-6)4-3-8(15)16/h6-7,14H,1-5H2,(H,15,16). The van der Waals surface area contributed by atoms with E-state index in [1.165, 1.54) is 4.90 Å². The van der Waals surface area contributed by atoms with Crippen LogP contribution in [0.5, 0.6) is 0 Å². The van der Waals surface area contributed by atoms with Crippen LogP contribution in [0, 0.1) is 0 Å². The Bertz CT molecular complexity index is 253. The summed E-state index contributed by atoms with van der Waals surface area (Å²) >= 11 is 0. The molecule has 1 atom stereocenters. The zero-order valence-electron chi connectivity index (χ0n) is 8.57. The SMILES string of the molecule is O=C(O)CCN(CC(O)C(F)(F)F)C1CC1. The first-order valence-corrected chi connectivity index (χ1v) is 5.01. The number of alkyl halides is 3. The zero-order valence-corrected chi connectivity index (χ0v) is 8.57. The maximum atomic E-state index is 12.1. The second kappa shape index (κ2) is 5.01. The van der Waals surface area contributed by atoms with E-state index in [0.29, 0.717) is 0 Å². The minimum Gasteiger partial charge on any atom is -0.481 e. The van der Waals surface area contributed by atoms with Crippen LogP contribution in [-0.2, 0) is 4.79 Å². The van der Waals surface area contributed by atoms with Gasteiger partial charge >= 0.3 is 12.1 Å². The van der Waals surface area contributed by atoms with Crippen LogP contribution in [0.15, 0.2) is 0 Å². The van der Waals surface area contributed by atoms with Gasteiger partial charge in [0.1, 0.15) is 0 Å². The van der Waals surface area contributed by atoms with Crippen LogP contribution >= 0.6 is 0 Å². The van der Waals surface area contributed by atoms with Crippen molar-refractivity contribution in [3.63, 3.8) is 0 Å². The van der Waals surface area contributed by atoms with Crippen molar-refractivity contribution >= 4 is 5.97 Å². The maximum absolute atomic E-state index is 12.1. The summed E-state index contributed by atoms with van der Waals surface area (Å²) in [5.41, 5.74) is 0. The lowest BCUT2D eigenvalue weighted by Crippen LogP contribution is -2.42. The van der Waals surface area contributed by atoms with Crippen molar-refractivity contribution < 1.29 is 28.2 Å². The minimum absolute atomic E-state index is 0.00338. The van der Waals surface area contributed by atoms with Gasteiger partial charge in [-0.2, -0.15) is 13.2 Å². The molecule has 16 heavy (non-hydrogen) atoms. The van der Waals surface area contributed by atoms with Crippen molar-refractivity contribution in [3.05, 3.63) is 0 Å². The van der Waals surface area contributed by atoms with Gasteiger partial charge in [-0.3, -0.25) is 9.69 Å². The van der Waals surface area contributed by atoms with Crippen molar-refractivity contribution in [3.8, 4) is 0 Å². The Kier molecular flexibility index (Phi) is 4.15. The van der Waals surface area contributed by atoms with E-state index < -0.39 is 24.8 Å². The maximum Gasteiger partial charge on any atom is 0.415 e. The molecule has 0 aliphatic heterocycles. The molecule has 1 rings (SSSR count). The number of carboxylic acid groups (broad SMARTS) is 1. The average Bonchev–Trinajstić information content (AvgIpc) is 2.92. The van der Waals surface area contributed by atoms with Gasteiger partial charge in [0.2, 0.25) is 0 Å². The number of aliphatic hydroxyl groups is 1. The number of nitrogens with zero attached hydrogens (tertiary/aromatic N) is 1. The zero-order chi connectivity index (χ0) is 12.3. The monoisotopic (exact) mass is 241 g/mol. The van der Waals surface area contributed by atoms with Crippen LogP contribution in [0.3, 0.4) is 0 Å². The lowest BCUT2D eigenvalue weighted by Gasteiger charge is -2.25. The molecule has 1 aliphatic carbocycles. The summed E-state index contributed by atoms with van der Waals surface area (Å²) < 4.78 is 36.3. The molecular weight excluding hydrogens is 227 g/mol. The molecule has 0 amide bonds. The minimum atomic E-state index is -4.64. The molecule has 0 spiro atoms. The van der Waals surface area contributed by atoms with Crippen LogP contribution in [0.2, 0.25) is 0 Å². The number of halogens is 3. The molecular formula is C9H14F3NO3. The largest absolute Gasteiger partial charge is 0.481 e. The summed E-state index contributed by atoms with van der Waals surface area (Å²) in [6.45, 7) is -0.491. The molecule has 2 N–H and O–H groups in total. The molecule has 4 nitrogen and oxygen atoms in total. The number of aliphatic hydroxyl groups excluding tert-OH is 1. The summed E-state index contributed by atoms with van der Waals surface area (Å²) in [7, 11) is 0. The fraction of sp³-hybridized carbons (Fsp3) is 0.889. The quantitative estimate of drug-likeness (QED) is 0.723. The van der Waals surface area contributed by atoms with E-state index in [9.17, 15) is 18.0 Å². The van der Waals surface area contributed by atoms with Gasteiger partial charge in [-0.05, 0) is 12.8 Å². The van der Waals surface area contributed by atoms with Crippen LogP contribution in [0.1, 0.15) is 19.3 Å². The summed E-state index contributed by atoms with van der Waals surface area (Å²) in [6.07, 6.45) is -5.71. The van der Waals surface area contributed by atoms with Crippen LogP contribution in [0.25, 0.3) is 0 Å². The fourth-order valence-corrected chi connectivity index (χ4v) is 1.43. The number of aliphatic carboxylic acids is 1. The molecule has 0 heterocycles. The molecule has 0 radical (unpaired) electrons. The lowest BCUT2D eigenvalue weighted by atomic mass is 10.3. The van der Waals surface area contributed by atoms with Gasteiger partial charge in [-0.15, -0.1) is 0 Å². The van der Waals surface area contributed by atoms with Crippen molar-refractivity contribution in [1.82, 2.24) is 4.90 Å². The van der Waals surface area contributed by atoms with Gasteiger partial charge in [0.05, 0.1) is 6.42 Å². The molecule has 0 aromatic carbocycles. The number of hydrogen-bond acceptors (Lipinski definition) is 3. The van der Waals surface area contributed by atoms with E-state index in [-0.39, 0.29) is 19.0 Å². The second-order valence-electron chi connectivity index (χ2n) is 3.93. The van der Waals surface area contributed by atoms with Crippen LogP contribution in [0.4, 0.5) is 13.2 Å². The third-order valence-electron chi connectivity index (χ3n) is 2.46. The predicted molar refractivity (Wildman–Crippen MR) is 48.9 cm³/mol. The van der Waals surface area contributed by atoms with Crippen LogP contribution < -0.4 is 0 Å². The smallest absolute Gasteiger partial charge is 0.415 e. The Morgan fingerprint density at radius 1 is 1.44 bits per heavy atom. The first kappa shape index (κ1) is 13.2. The first-order chi connectivity index (χ1) is 7.30. The van der Waals surface area contributed by atoms with E-state index in [1.54, 1.807) is 0 Å². The molecule has 0 saturated heterocycles. The molecule has 0 aromatic heterocycles. The number of carbonyl (C=O) groups is 1. The molecule has 94 valence electrons. The topological polar surface area (TPSA) is 60.8 Å². The highest BCUT2D eigenvalue weighted by Gasteiger charge is 2.41. The van der Waals surface area contributed by atoms with Crippen LogP contribution in [-0.4, -0.2) is 52.5 Å². The molecule has 7 heteroatoms. The first-order valence-electron chi connectivity index (χ1n) is 5.01. The molecule has 1 saturated carbocycles. The average molecular weight is 241 g/mol. The highest BCUT2D eigenvalue weighted by Crippen LogP contribution is 2.29. The van der Waals surface area contributed by atoms with Gasteiger partial charge < -0.3 is 10.2 Å². The predicted octanol–water partition coefficient (Wildman–Crippen LogP) is 0.849. The molecule has 1 fully saturated rings. The van der Waals surface area contributed by atoms with E-state index in [4.69, 9.17) is 10.2 Å². The van der Waals surface area contributed by atoms with Gasteiger partial charge in [-0.25, -0.2) is 0 Å². The Morgan fingerprint density at radius 2 is 2.00 bits per heavy atom. The van der Waals surface area contributed by atoms with E-state index in [2.05, 4.69) is 0 Å². The van der Waals surface area contributed by atoms with Gasteiger partial charge in [0.25, 0.3) is 0 Å². The molecule has 1 aliphatic rings. The van der Waals surface area contributed by atoms with Crippen molar-refractivity contribution in [2.45, 2.75) is 37.6 Å². The fourth-order valence-electron chi connectivity index (χ4n) is 1.43. The summed E-state index contributed by atoms with van der Waals surface area (Å²) in [6, 6.07) is -0.00338. The summed E-state index contributed by atoms with van der Waals surface area (Å²) in [4.78, 5) is 11.7. The summed E-state index contributed by atoms with van der Waals surface area (Å²) in [5.74, 6) is -1.05. The van der Waals surface area contributed by atoms with E-state index in [0.717, 1.165) is 12.8 Å². The van der Waals surface area contributed by atoms with E-state index in [1.807, 2.05) is 0 Å². The van der Waals surface area contributed by atoms with Gasteiger partial charge in [-0.1, -0.05) is 0 Å². The second-order valence-corrected chi connectivity index (χ2v) is 3.93. The molecule has 0 aromatic rings. The number of hydrogen-bond donors (Lipinski definition) is 2. The molecule has 1 unspecified atom stereocenters. The van der Waals surface area contributed by atoms with Gasteiger partial charge in [0, 0.05) is 19.1 Å². The Labute approximate surface area is 90.7 Å². The lowest BCUT2D eigenvalue weighted by molar-refractivity contribution is -0.208. The Balaban J connectivity index is 2.42. The van der Waals surface area contributed by atoms with Crippen molar-refractivity contribution in [2.24, 2.45) is 0 Å². The normalized spacial score (nSPS) is 18.8. The number of carboxylic acids is 1.